The number of nitrogens with zero attached hydrogens (tertiary/aromatic N) is 1. The number of aliphatic carboxylic acids is 1. The van der Waals surface area contributed by atoms with Gasteiger partial charge in [0.25, 0.3) is 0 Å². The van der Waals surface area contributed by atoms with Crippen molar-refractivity contribution in [3.8, 4) is 0 Å². The van der Waals surface area contributed by atoms with E-state index < -0.39 is 12.0 Å². The molecule has 1 aromatic carbocycles. The fourth-order valence-corrected chi connectivity index (χ4v) is 3.62. The number of benzene rings is 1. The highest BCUT2D eigenvalue weighted by Crippen LogP contribution is 2.29. The van der Waals surface area contributed by atoms with Crippen molar-refractivity contribution < 1.29 is 14.7 Å². The Morgan fingerprint density at radius 3 is 2.70 bits per heavy atom. The highest BCUT2D eigenvalue weighted by Gasteiger charge is 2.38. The van der Waals surface area contributed by atoms with Gasteiger partial charge in [-0.3, -0.25) is 4.79 Å². The highest BCUT2D eigenvalue weighted by atomic mass is 32.2. The van der Waals surface area contributed by atoms with Gasteiger partial charge in [0.2, 0.25) is 5.91 Å². The lowest BCUT2D eigenvalue weighted by molar-refractivity contribution is -0.148. The number of carboxylic acids is 1. The van der Waals surface area contributed by atoms with Crippen LogP contribution in [0.4, 0.5) is 0 Å². The molecule has 1 amide bonds. The summed E-state index contributed by atoms with van der Waals surface area (Å²) in [5.74, 6) is -0.468. The highest BCUT2D eigenvalue weighted by molar-refractivity contribution is 8.00. The van der Waals surface area contributed by atoms with E-state index in [0.29, 0.717) is 12.2 Å². The fourth-order valence-electron chi connectivity index (χ4n) is 2.43. The fraction of sp³-hybridized carbons (Fsp3) is 0.467. The Balaban J connectivity index is 1.86. The van der Waals surface area contributed by atoms with E-state index in [-0.39, 0.29) is 11.3 Å². The monoisotopic (exact) mass is 293 g/mol. The molecule has 1 aromatic rings. The van der Waals surface area contributed by atoms with Crippen LogP contribution in [0.25, 0.3) is 0 Å². The maximum Gasteiger partial charge on any atom is 0.327 e. The molecule has 5 heteroatoms. The number of amides is 1. The second kappa shape index (κ2) is 6.79. The van der Waals surface area contributed by atoms with Gasteiger partial charge in [0.1, 0.15) is 6.04 Å². The summed E-state index contributed by atoms with van der Waals surface area (Å²) < 4.78 is 0. The van der Waals surface area contributed by atoms with E-state index in [2.05, 4.69) is 0 Å². The molecule has 108 valence electrons. The van der Waals surface area contributed by atoms with Crippen LogP contribution in [0.2, 0.25) is 0 Å². The van der Waals surface area contributed by atoms with Gasteiger partial charge in [-0.1, -0.05) is 30.3 Å². The minimum absolute atomic E-state index is 0.0414. The van der Waals surface area contributed by atoms with Crippen LogP contribution < -0.4 is 0 Å². The standard InChI is InChI=1S/C15H19NO3S/c1-11-16(13(10-20-11)15(18)19)14(17)9-5-8-12-6-3-2-4-7-12/h2-4,6-7,11,13H,5,8-10H2,1H3,(H,18,19). The summed E-state index contributed by atoms with van der Waals surface area (Å²) in [6, 6.07) is 9.35. The van der Waals surface area contributed by atoms with Crippen LogP contribution >= 0.6 is 11.8 Å². The van der Waals surface area contributed by atoms with Gasteiger partial charge in [-0.15, -0.1) is 11.8 Å². The van der Waals surface area contributed by atoms with Gasteiger partial charge in [0.05, 0.1) is 5.37 Å². The van der Waals surface area contributed by atoms with Crippen molar-refractivity contribution in [2.45, 2.75) is 37.6 Å². The molecule has 2 atom stereocenters. The first-order valence-electron chi connectivity index (χ1n) is 6.79. The van der Waals surface area contributed by atoms with E-state index in [1.54, 1.807) is 0 Å². The molecule has 0 bridgehead atoms. The molecule has 1 aliphatic heterocycles. The number of carbonyl (C=O) groups excluding carboxylic acids is 1. The molecular weight excluding hydrogens is 274 g/mol. The lowest BCUT2D eigenvalue weighted by Crippen LogP contribution is -2.44. The predicted octanol–water partition coefficient (Wildman–Crippen LogP) is 2.38. The topological polar surface area (TPSA) is 57.6 Å². The normalized spacial score (nSPS) is 21.9. The third-order valence-corrected chi connectivity index (χ3v) is 4.71. The molecule has 2 rings (SSSR count). The van der Waals surface area contributed by atoms with Gasteiger partial charge in [-0.2, -0.15) is 0 Å². The van der Waals surface area contributed by atoms with Crippen molar-refractivity contribution in [2.24, 2.45) is 0 Å². The third-order valence-electron chi connectivity index (χ3n) is 3.49. The lowest BCUT2D eigenvalue weighted by Gasteiger charge is -2.25. The maximum absolute atomic E-state index is 12.2. The molecule has 1 saturated heterocycles. The molecule has 4 nitrogen and oxygen atoms in total. The van der Waals surface area contributed by atoms with Crippen molar-refractivity contribution in [1.29, 1.82) is 0 Å². The minimum Gasteiger partial charge on any atom is -0.480 e. The number of carboxylic acid groups (broad SMARTS) is 1. The van der Waals surface area contributed by atoms with Crippen LogP contribution in [0.15, 0.2) is 30.3 Å². The first kappa shape index (κ1) is 14.9. The van der Waals surface area contributed by atoms with Gasteiger partial charge >= 0.3 is 5.97 Å². The summed E-state index contributed by atoms with van der Waals surface area (Å²) in [6.45, 7) is 1.89. The summed E-state index contributed by atoms with van der Waals surface area (Å²) >= 11 is 1.52. The summed E-state index contributed by atoms with van der Waals surface area (Å²) in [5, 5.41) is 9.11. The van der Waals surface area contributed by atoms with Crippen LogP contribution in [-0.4, -0.2) is 39.1 Å². The number of aryl methyl sites for hydroxylation is 1. The van der Waals surface area contributed by atoms with Crippen molar-refractivity contribution >= 4 is 23.6 Å². The Kier molecular flexibility index (Phi) is 5.06. The molecule has 1 fully saturated rings. The quantitative estimate of drug-likeness (QED) is 0.905. The smallest absolute Gasteiger partial charge is 0.327 e. The van der Waals surface area contributed by atoms with Gasteiger partial charge in [0, 0.05) is 12.2 Å². The van der Waals surface area contributed by atoms with Crippen LogP contribution in [0.5, 0.6) is 0 Å². The Morgan fingerprint density at radius 1 is 1.35 bits per heavy atom. The van der Waals surface area contributed by atoms with E-state index in [1.807, 2.05) is 37.3 Å². The zero-order valence-corrected chi connectivity index (χ0v) is 12.3. The van der Waals surface area contributed by atoms with Crippen molar-refractivity contribution in [3.63, 3.8) is 0 Å². The molecule has 0 aromatic heterocycles. The molecule has 0 radical (unpaired) electrons. The second-order valence-corrected chi connectivity index (χ2v) is 6.28. The van der Waals surface area contributed by atoms with E-state index in [0.717, 1.165) is 12.8 Å². The van der Waals surface area contributed by atoms with Crippen molar-refractivity contribution in [2.75, 3.05) is 5.75 Å². The van der Waals surface area contributed by atoms with E-state index in [9.17, 15) is 9.59 Å². The van der Waals surface area contributed by atoms with E-state index >= 15 is 0 Å². The number of hydrogen-bond acceptors (Lipinski definition) is 3. The molecule has 0 aliphatic carbocycles. The molecule has 0 saturated carbocycles. The number of thioether (sulfide) groups is 1. The van der Waals surface area contributed by atoms with Crippen molar-refractivity contribution in [1.82, 2.24) is 4.90 Å². The van der Waals surface area contributed by atoms with Gasteiger partial charge in [-0.25, -0.2) is 4.79 Å². The van der Waals surface area contributed by atoms with Crippen molar-refractivity contribution in [3.05, 3.63) is 35.9 Å². The zero-order chi connectivity index (χ0) is 14.5. The van der Waals surface area contributed by atoms with Gasteiger partial charge in [0.15, 0.2) is 0 Å². The molecular formula is C15H19NO3S. The second-order valence-electron chi connectivity index (χ2n) is 4.93. The van der Waals surface area contributed by atoms with Crippen LogP contribution in [0.1, 0.15) is 25.3 Å². The Hall–Kier alpha value is -1.49. The first-order chi connectivity index (χ1) is 9.59. The van der Waals surface area contributed by atoms with Crippen LogP contribution in [0.3, 0.4) is 0 Å². The Morgan fingerprint density at radius 2 is 2.05 bits per heavy atom. The molecule has 1 heterocycles. The lowest BCUT2D eigenvalue weighted by atomic mass is 10.1. The number of rotatable bonds is 5. The van der Waals surface area contributed by atoms with E-state index in [4.69, 9.17) is 5.11 Å². The van der Waals surface area contributed by atoms with Gasteiger partial charge < -0.3 is 10.0 Å². The third kappa shape index (κ3) is 3.54. The molecule has 1 N–H and O–H groups in total. The minimum atomic E-state index is -0.904. The summed E-state index contributed by atoms with van der Waals surface area (Å²) in [5.41, 5.74) is 1.21. The molecule has 20 heavy (non-hydrogen) atoms. The SMILES string of the molecule is CC1SCC(C(=O)O)N1C(=O)CCCc1ccccc1. The largest absolute Gasteiger partial charge is 0.480 e. The number of carbonyl (C=O) groups is 2. The average Bonchev–Trinajstić information content (AvgIpc) is 2.82. The molecule has 2 unspecified atom stereocenters. The van der Waals surface area contributed by atoms with Gasteiger partial charge in [-0.05, 0) is 25.3 Å². The summed E-state index contributed by atoms with van der Waals surface area (Å²) in [4.78, 5) is 24.9. The van der Waals surface area contributed by atoms with Crippen LogP contribution in [-0.2, 0) is 16.0 Å². The predicted molar refractivity (Wildman–Crippen MR) is 79.6 cm³/mol. The molecule has 1 aliphatic rings. The zero-order valence-electron chi connectivity index (χ0n) is 11.5. The van der Waals surface area contributed by atoms with E-state index in [1.165, 1.54) is 22.2 Å². The Labute approximate surface area is 123 Å². The Bertz CT molecular complexity index is 477. The average molecular weight is 293 g/mol. The molecule has 0 spiro atoms. The summed E-state index contributed by atoms with van der Waals surface area (Å²) in [6.07, 6.45) is 2.01. The summed E-state index contributed by atoms with van der Waals surface area (Å²) in [7, 11) is 0. The number of hydrogen-bond donors (Lipinski definition) is 1. The maximum atomic E-state index is 12.2. The first-order valence-corrected chi connectivity index (χ1v) is 7.84. The van der Waals surface area contributed by atoms with Crippen LogP contribution in [0, 0.1) is 0 Å².